The number of hydrogen-bond donors (Lipinski definition) is 1. The van der Waals surface area contributed by atoms with Gasteiger partial charge in [0.1, 0.15) is 12.6 Å². The zero-order valence-corrected chi connectivity index (χ0v) is 25.4. The molecule has 0 heterocycles. The second-order valence-corrected chi connectivity index (χ2v) is 12.5. The monoisotopic (exact) mass is 603 g/mol. The van der Waals surface area contributed by atoms with E-state index in [1.165, 1.54) is 4.90 Å². The number of rotatable bonds is 12. The molecule has 0 bridgehead atoms. The predicted octanol–water partition coefficient (Wildman–Crippen LogP) is 5.62. The van der Waals surface area contributed by atoms with Crippen molar-refractivity contribution in [2.75, 3.05) is 17.1 Å². The maximum absolute atomic E-state index is 14.2. The van der Waals surface area contributed by atoms with Crippen molar-refractivity contribution in [3.8, 4) is 0 Å². The molecule has 214 valence electrons. The molecule has 0 saturated carbocycles. The van der Waals surface area contributed by atoms with Crippen molar-refractivity contribution in [1.29, 1.82) is 0 Å². The average Bonchev–Trinajstić information content (AvgIpc) is 2.91. The Hall–Kier alpha value is -3.07. The van der Waals surface area contributed by atoms with E-state index in [1.54, 1.807) is 49.4 Å². The van der Waals surface area contributed by atoms with Crippen LogP contribution in [0.3, 0.4) is 0 Å². The van der Waals surface area contributed by atoms with E-state index >= 15 is 0 Å². The highest BCUT2D eigenvalue weighted by Gasteiger charge is 2.34. The quantitative estimate of drug-likeness (QED) is 0.291. The Kier molecular flexibility index (Phi) is 11.0. The van der Waals surface area contributed by atoms with Crippen molar-refractivity contribution in [1.82, 2.24) is 10.2 Å². The Morgan fingerprint density at radius 1 is 0.925 bits per heavy atom. The van der Waals surface area contributed by atoms with E-state index in [0.29, 0.717) is 33.3 Å². The number of halogens is 2. The number of nitrogens with zero attached hydrogens (tertiary/aromatic N) is 2. The fourth-order valence-corrected chi connectivity index (χ4v) is 5.71. The molecule has 2 unspecified atom stereocenters. The number of benzene rings is 3. The number of para-hydroxylation sites is 1. The van der Waals surface area contributed by atoms with E-state index in [2.05, 4.69) is 5.32 Å². The zero-order valence-electron chi connectivity index (χ0n) is 23.1. The maximum atomic E-state index is 14.2. The molecule has 2 atom stereocenters. The molecule has 7 nitrogen and oxygen atoms in total. The summed E-state index contributed by atoms with van der Waals surface area (Å²) in [5.74, 6) is -0.915. The van der Waals surface area contributed by atoms with Gasteiger partial charge in [0.05, 0.1) is 11.9 Å². The van der Waals surface area contributed by atoms with Crippen LogP contribution in [0.2, 0.25) is 10.0 Å². The van der Waals surface area contributed by atoms with Gasteiger partial charge in [0.15, 0.2) is 0 Å². The van der Waals surface area contributed by atoms with Gasteiger partial charge < -0.3 is 10.2 Å². The molecule has 3 aromatic carbocycles. The van der Waals surface area contributed by atoms with Gasteiger partial charge in [0.2, 0.25) is 21.8 Å². The first kappa shape index (κ1) is 31.5. The Morgan fingerprint density at radius 2 is 1.52 bits per heavy atom. The summed E-state index contributed by atoms with van der Waals surface area (Å²) in [7, 11) is -3.85. The van der Waals surface area contributed by atoms with Gasteiger partial charge in [-0.3, -0.25) is 13.9 Å². The average molecular weight is 605 g/mol. The fourth-order valence-electron chi connectivity index (χ4n) is 4.29. The van der Waals surface area contributed by atoms with Crippen LogP contribution in [0.25, 0.3) is 0 Å². The van der Waals surface area contributed by atoms with Crippen molar-refractivity contribution >= 4 is 50.7 Å². The van der Waals surface area contributed by atoms with Gasteiger partial charge in [0, 0.05) is 34.6 Å². The van der Waals surface area contributed by atoms with E-state index in [4.69, 9.17) is 23.2 Å². The molecular weight excluding hydrogens is 569 g/mol. The molecule has 2 amide bonds. The van der Waals surface area contributed by atoms with E-state index in [-0.39, 0.29) is 24.9 Å². The third kappa shape index (κ3) is 8.22. The van der Waals surface area contributed by atoms with Crippen molar-refractivity contribution in [2.45, 2.75) is 52.2 Å². The first-order valence-corrected chi connectivity index (χ1v) is 15.6. The SMILES string of the molecule is CCC(C)NC(=O)C(Cc1ccccc1)N(Cc1c(Cl)cccc1Cl)C(=O)CN(c1ccccc1C)S(C)(=O)=O. The van der Waals surface area contributed by atoms with Gasteiger partial charge in [-0.25, -0.2) is 8.42 Å². The second kappa shape index (κ2) is 14.0. The summed E-state index contributed by atoms with van der Waals surface area (Å²) in [5.41, 5.74) is 2.39. The molecule has 0 aliphatic heterocycles. The van der Waals surface area contributed by atoms with E-state index < -0.39 is 28.5 Å². The lowest BCUT2D eigenvalue weighted by Gasteiger charge is -2.34. The van der Waals surface area contributed by atoms with Crippen LogP contribution in [0.5, 0.6) is 0 Å². The van der Waals surface area contributed by atoms with Crippen LogP contribution < -0.4 is 9.62 Å². The summed E-state index contributed by atoms with van der Waals surface area (Å²) in [4.78, 5) is 29.3. The summed E-state index contributed by atoms with van der Waals surface area (Å²) in [6.07, 6.45) is 1.96. The van der Waals surface area contributed by atoms with Crippen LogP contribution in [0, 0.1) is 6.92 Å². The molecule has 0 aliphatic carbocycles. The summed E-state index contributed by atoms with van der Waals surface area (Å²) >= 11 is 13.0. The van der Waals surface area contributed by atoms with Crippen LogP contribution in [-0.4, -0.2) is 50.0 Å². The van der Waals surface area contributed by atoms with E-state index in [1.807, 2.05) is 44.2 Å². The number of amides is 2. The van der Waals surface area contributed by atoms with Crippen molar-refractivity contribution in [2.24, 2.45) is 0 Å². The molecule has 0 aromatic heterocycles. The zero-order chi connectivity index (χ0) is 29.4. The van der Waals surface area contributed by atoms with Gasteiger partial charge in [0.25, 0.3) is 0 Å². The molecule has 3 aromatic rings. The summed E-state index contributed by atoms with van der Waals surface area (Å²) in [6, 6.07) is 20.2. The summed E-state index contributed by atoms with van der Waals surface area (Å²) in [6.45, 7) is 5.02. The Balaban J connectivity index is 2.12. The van der Waals surface area contributed by atoms with Crippen molar-refractivity contribution in [3.63, 3.8) is 0 Å². The number of hydrogen-bond acceptors (Lipinski definition) is 4. The normalized spacial score (nSPS) is 12.8. The van der Waals surface area contributed by atoms with Crippen LogP contribution in [0.4, 0.5) is 5.69 Å². The Bertz CT molecular complexity index is 1410. The molecule has 0 fully saturated rings. The highest BCUT2D eigenvalue weighted by molar-refractivity contribution is 7.92. The van der Waals surface area contributed by atoms with Crippen LogP contribution in [0.1, 0.15) is 37.0 Å². The lowest BCUT2D eigenvalue weighted by atomic mass is 10.0. The number of carbonyl (C=O) groups is 2. The van der Waals surface area contributed by atoms with Gasteiger partial charge in [-0.1, -0.05) is 84.7 Å². The molecule has 10 heteroatoms. The molecule has 0 saturated heterocycles. The van der Waals surface area contributed by atoms with Gasteiger partial charge >= 0.3 is 0 Å². The minimum Gasteiger partial charge on any atom is -0.352 e. The van der Waals surface area contributed by atoms with Crippen LogP contribution in [-0.2, 0) is 32.6 Å². The Morgan fingerprint density at radius 3 is 2.10 bits per heavy atom. The molecule has 1 N–H and O–H groups in total. The number of aryl methyl sites for hydroxylation is 1. The molecule has 0 aliphatic rings. The standard InChI is InChI=1S/C30H35Cl2N3O4S/c1-5-22(3)33-30(37)28(18-23-13-7-6-8-14-23)34(19-24-25(31)15-11-16-26(24)32)29(36)20-35(40(4,38)39)27-17-10-9-12-21(27)2/h6-17,22,28H,5,18-20H2,1-4H3,(H,33,37). The largest absolute Gasteiger partial charge is 0.352 e. The van der Waals surface area contributed by atoms with E-state index in [9.17, 15) is 18.0 Å². The minimum absolute atomic E-state index is 0.0891. The van der Waals surface area contributed by atoms with Crippen LogP contribution >= 0.6 is 23.2 Å². The van der Waals surface area contributed by atoms with Crippen LogP contribution in [0.15, 0.2) is 72.8 Å². The second-order valence-electron chi connectivity index (χ2n) is 9.80. The van der Waals surface area contributed by atoms with Gasteiger partial charge in [-0.05, 0) is 49.6 Å². The lowest BCUT2D eigenvalue weighted by Crippen LogP contribution is -2.54. The third-order valence-electron chi connectivity index (χ3n) is 6.73. The highest BCUT2D eigenvalue weighted by atomic mass is 35.5. The van der Waals surface area contributed by atoms with Gasteiger partial charge in [-0.2, -0.15) is 0 Å². The fraction of sp³-hybridized carbons (Fsp3) is 0.333. The first-order valence-electron chi connectivity index (χ1n) is 13.0. The number of carbonyl (C=O) groups excluding carboxylic acids is 2. The number of sulfonamides is 1. The van der Waals surface area contributed by atoms with Gasteiger partial charge in [-0.15, -0.1) is 0 Å². The lowest BCUT2D eigenvalue weighted by molar-refractivity contribution is -0.140. The molecule has 40 heavy (non-hydrogen) atoms. The van der Waals surface area contributed by atoms with Crippen molar-refractivity contribution in [3.05, 3.63) is 99.5 Å². The smallest absolute Gasteiger partial charge is 0.244 e. The summed E-state index contributed by atoms with van der Waals surface area (Å²) in [5, 5.41) is 3.67. The number of anilines is 1. The predicted molar refractivity (Wildman–Crippen MR) is 162 cm³/mol. The first-order chi connectivity index (χ1) is 18.9. The highest BCUT2D eigenvalue weighted by Crippen LogP contribution is 2.28. The van der Waals surface area contributed by atoms with Crippen molar-refractivity contribution < 1.29 is 18.0 Å². The van der Waals surface area contributed by atoms with E-state index in [0.717, 1.165) is 16.1 Å². The topological polar surface area (TPSA) is 86.8 Å². The third-order valence-corrected chi connectivity index (χ3v) is 8.56. The molecule has 0 spiro atoms. The Labute approximate surface area is 247 Å². The molecular formula is C30H35Cl2N3O4S. The molecule has 3 rings (SSSR count). The summed E-state index contributed by atoms with van der Waals surface area (Å²) < 4.78 is 26.9. The molecule has 0 radical (unpaired) electrons. The number of nitrogens with one attached hydrogen (secondary N) is 1. The minimum atomic E-state index is -3.85. The maximum Gasteiger partial charge on any atom is 0.244 e.